The van der Waals surface area contributed by atoms with E-state index in [1.807, 2.05) is 32.0 Å². The van der Waals surface area contributed by atoms with Gasteiger partial charge in [0.25, 0.3) is 5.91 Å². The Morgan fingerprint density at radius 3 is 2.42 bits per heavy atom. The number of hydrogen-bond acceptors (Lipinski definition) is 4. The van der Waals surface area contributed by atoms with Crippen molar-refractivity contribution in [3.8, 4) is 5.75 Å². The lowest BCUT2D eigenvalue weighted by Gasteiger charge is -2.08. The third-order valence-corrected chi connectivity index (χ3v) is 5.73. The van der Waals surface area contributed by atoms with Crippen molar-refractivity contribution >= 4 is 46.5 Å². The number of aryl methyl sites for hydroxylation is 2. The Bertz CT molecular complexity index is 1300. The summed E-state index contributed by atoms with van der Waals surface area (Å²) in [5.41, 5.74) is 3.33. The highest BCUT2D eigenvalue weighted by atomic mass is 35.5. The van der Waals surface area contributed by atoms with Crippen LogP contribution in [0.5, 0.6) is 5.75 Å². The Hall–Kier alpha value is -3.00. The molecule has 1 amide bonds. The second-order valence-corrected chi connectivity index (χ2v) is 8.78. The van der Waals surface area contributed by atoms with Crippen molar-refractivity contribution in [2.24, 2.45) is 0 Å². The summed E-state index contributed by atoms with van der Waals surface area (Å²) in [6.07, 6.45) is 3.29. The molecule has 0 aliphatic rings. The molecule has 0 bridgehead atoms. The van der Waals surface area contributed by atoms with Gasteiger partial charge in [-0.2, -0.15) is 10.2 Å². The van der Waals surface area contributed by atoms with Gasteiger partial charge >= 0.3 is 0 Å². The Balaban J connectivity index is 1.38. The first kappa shape index (κ1) is 23.2. The van der Waals surface area contributed by atoms with E-state index < -0.39 is 5.91 Å². The smallest absolute Gasteiger partial charge is 0.277 e. The fraction of sp³-hybridized carbons (Fsp3) is 0.174. The molecule has 0 aliphatic carbocycles. The van der Waals surface area contributed by atoms with Crippen LogP contribution in [0.15, 0.2) is 54.9 Å². The Kier molecular flexibility index (Phi) is 6.93. The second kappa shape index (κ2) is 9.87. The van der Waals surface area contributed by atoms with Crippen LogP contribution >= 0.6 is 34.8 Å². The molecule has 2 aromatic heterocycles. The molecular weight excluding hydrogens is 485 g/mol. The number of benzene rings is 2. The van der Waals surface area contributed by atoms with Crippen LogP contribution in [-0.2, 0) is 13.3 Å². The van der Waals surface area contributed by atoms with Gasteiger partial charge in [0.1, 0.15) is 10.8 Å². The first-order valence-corrected chi connectivity index (χ1v) is 11.1. The maximum Gasteiger partial charge on any atom is 0.277 e. The molecule has 0 spiro atoms. The number of ether oxygens (including phenoxy) is 1. The zero-order valence-corrected chi connectivity index (χ0v) is 20.1. The maximum atomic E-state index is 12.6. The average molecular weight is 505 g/mol. The highest BCUT2D eigenvalue weighted by Gasteiger charge is 2.15. The summed E-state index contributed by atoms with van der Waals surface area (Å²) in [5.74, 6) is 0.554. The lowest BCUT2D eigenvalue weighted by molar-refractivity contribution is 0.101. The molecule has 0 saturated heterocycles. The molecule has 0 atom stereocenters. The fourth-order valence-corrected chi connectivity index (χ4v) is 3.79. The molecule has 7 nitrogen and oxygen atoms in total. The molecular formula is C23H20Cl3N5O2. The van der Waals surface area contributed by atoms with Crippen molar-refractivity contribution in [3.05, 3.63) is 92.3 Å². The van der Waals surface area contributed by atoms with Gasteiger partial charge < -0.3 is 10.1 Å². The summed E-state index contributed by atoms with van der Waals surface area (Å²) in [6.45, 7) is 4.60. The second-order valence-electron chi connectivity index (χ2n) is 7.56. The summed E-state index contributed by atoms with van der Waals surface area (Å²) in [6, 6.07) is 12.9. The van der Waals surface area contributed by atoms with E-state index >= 15 is 0 Å². The van der Waals surface area contributed by atoms with Gasteiger partial charge in [-0.3, -0.25) is 9.48 Å². The molecule has 1 N–H and O–H groups in total. The van der Waals surface area contributed by atoms with Gasteiger partial charge in [-0.05, 0) is 60.9 Å². The molecule has 0 radical (unpaired) electrons. The van der Waals surface area contributed by atoms with Gasteiger partial charge in [0.05, 0.1) is 16.6 Å². The van der Waals surface area contributed by atoms with E-state index in [-0.39, 0.29) is 18.2 Å². The Morgan fingerprint density at radius 1 is 0.939 bits per heavy atom. The Morgan fingerprint density at radius 2 is 1.70 bits per heavy atom. The molecule has 4 aromatic rings. The SMILES string of the molecule is Cc1cc(C)cc(OCn2ccc(C(=O)Nc3nn(Cc4ccc(Cl)c(Cl)c4)cc3Cl)n2)c1. The topological polar surface area (TPSA) is 74.0 Å². The van der Waals surface area contributed by atoms with E-state index in [2.05, 4.69) is 21.6 Å². The number of hydrogen-bond donors (Lipinski definition) is 1. The monoisotopic (exact) mass is 503 g/mol. The number of rotatable bonds is 7. The lowest BCUT2D eigenvalue weighted by Crippen LogP contribution is -2.15. The summed E-state index contributed by atoms with van der Waals surface area (Å²) >= 11 is 18.3. The minimum atomic E-state index is -0.429. The summed E-state index contributed by atoms with van der Waals surface area (Å²) in [4.78, 5) is 12.6. The maximum absolute atomic E-state index is 12.6. The van der Waals surface area contributed by atoms with E-state index in [0.717, 1.165) is 22.4 Å². The number of nitrogens with zero attached hydrogens (tertiary/aromatic N) is 4. The van der Waals surface area contributed by atoms with Gasteiger partial charge in [0.15, 0.2) is 18.2 Å². The molecule has 170 valence electrons. The minimum Gasteiger partial charge on any atom is -0.471 e. The first-order valence-electron chi connectivity index (χ1n) is 9.99. The molecule has 2 heterocycles. The zero-order valence-electron chi connectivity index (χ0n) is 17.8. The van der Waals surface area contributed by atoms with Crippen LogP contribution in [0.4, 0.5) is 5.82 Å². The third-order valence-electron chi connectivity index (χ3n) is 4.71. The Labute approximate surface area is 205 Å². The van der Waals surface area contributed by atoms with Crippen molar-refractivity contribution in [3.63, 3.8) is 0 Å². The number of halogens is 3. The van der Waals surface area contributed by atoms with Crippen molar-refractivity contribution in [1.29, 1.82) is 0 Å². The summed E-state index contributed by atoms with van der Waals surface area (Å²) in [5, 5.41) is 12.5. The molecule has 0 unspecified atom stereocenters. The van der Waals surface area contributed by atoms with Crippen LogP contribution in [0.25, 0.3) is 0 Å². The van der Waals surface area contributed by atoms with Gasteiger partial charge in [-0.25, -0.2) is 4.68 Å². The van der Waals surface area contributed by atoms with Gasteiger partial charge in [-0.1, -0.05) is 46.9 Å². The van der Waals surface area contributed by atoms with E-state index in [0.29, 0.717) is 21.6 Å². The highest BCUT2D eigenvalue weighted by molar-refractivity contribution is 6.42. The predicted octanol–water partition coefficient (Wildman–Crippen LogP) is 5.99. The average Bonchev–Trinajstić information content (AvgIpc) is 3.35. The number of anilines is 1. The molecule has 0 fully saturated rings. The van der Waals surface area contributed by atoms with Crippen LogP contribution in [0.3, 0.4) is 0 Å². The first-order chi connectivity index (χ1) is 15.8. The van der Waals surface area contributed by atoms with E-state index in [4.69, 9.17) is 39.5 Å². The molecule has 0 aliphatic heterocycles. The number of nitrogens with one attached hydrogen (secondary N) is 1. The van der Waals surface area contributed by atoms with E-state index in [1.54, 1.807) is 35.3 Å². The van der Waals surface area contributed by atoms with Crippen molar-refractivity contribution in [1.82, 2.24) is 19.6 Å². The largest absolute Gasteiger partial charge is 0.471 e. The third kappa shape index (κ3) is 5.87. The molecule has 4 rings (SSSR count). The van der Waals surface area contributed by atoms with Crippen LogP contribution in [-0.4, -0.2) is 25.5 Å². The van der Waals surface area contributed by atoms with E-state index in [1.165, 1.54) is 4.68 Å². The number of carbonyl (C=O) groups is 1. The van der Waals surface area contributed by atoms with Crippen LogP contribution in [0.1, 0.15) is 27.2 Å². The predicted molar refractivity (Wildman–Crippen MR) is 130 cm³/mol. The highest BCUT2D eigenvalue weighted by Crippen LogP contribution is 2.25. The van der Waals surface area contributed by atoms with Crippen LogP contribution < -0.4 is 10.1 Å². The van der Waals surface area contributed by atoms with Gasteiger partial charge in [0, 0.05) is 12.4 Å². The zero-order chi connectivity index (χ0) is 23.5. The van der Waals surface area contributed by atoms with Crippen LogP contribution in [0, 0.1) is 13.8 Å². The van der Waals surface area contributed by atoms with Crippen molar-refractivity contribution in [2.45, 2.75) is 27.1 Å². The quantitative estimate of drug-likeness (QED) is 0.335. The minimum absolute atomic E-state index is 0.176. The number of aromatic nitrogens is 4. The lowest BCUT2D eigenvalue weighted by atomic mass is 10.1. The van der Waals surface area contributed by atoms with Gasteiger partial charge in [0.2, 0.25) is 0 Å². The summed E-state index contributed by atoms with van der Waals surface area (Å²) < 4.78 is 8.92. The van der Waals surface area contributed by atoms with Crippen molar-refractivity contribution < 1.29 is 9.53 Å². The normalized spacial score (nSPS) is 10.9. The number of amides is 1. The molecule has 0 saturated carbocycles. The fourth-order valence-electron chi connectivity index (χ4n) is 3.27. The number of carbonyl (C=O) groups excluding carboxylic acids is 1. The van der Waals surface area contributed by atoms with E-state index in [9.17, 15) is 4.79 Å². The summed E-state index contributed by atoms with van der Waals surface area (Å²) in [7, 11) is 0. The van der Waals surface area contributed by atoms with Crippen LogP contribution in [0.2, 0.25) is 15.1 Å². The molecule has 2 aromatic carbocycles. The van der Waals surface area contributed by atoms with Crippen molar-refractivity contribution in [2.75, 3.05) is 5.32 Å². The molecule has 33 heavy (non-hydrogen) atoms. The molecule has 10 heteroatoms. The standard InChI is InChI=1S/C23H20Cl3N5O2/c1-14-7-15(2)9-17(8-14)33-13-30-6-5-21(28-30)23(32)27-22-20(26)12-31(29-22)11-16-3-4-18(24)19(25)10-16/h3-10,12H,11,13H2,1-2H3,(H,27,29,32). The van der Waals surface area contributed by atoms with Gasteiger partial charge in [-0.15, -0.1) is 0 Å².